The molecule has 7 nitrogen and oxygen atoms in total. The van der Waals surface area contributed by atoms with Crippen molar-refractivity contribution in [3.8, 4) is 11.3 Å². The van der Waals surface area contributed by atoms with Crippen LogP contribution in [0.3, 0.4) is 0 Å². The van der Waals surface area contributed by atoms with Crippen molar-refractivity contribution in [1.82, 2.24) is 14.3 Å². The molecule has 0 unspecified atom stereocenters. The van der Waals surface area contributed by atoms with Gasteiger partial charge in [-0.1, -0.05) is 12.1 Å². The summed E-state index contributed by atoms with van der Waals surface area (Å²) in [7, 11) is 5.80. The third-order valence-electron chi connectivity index (χ3n) is 5.50. The number of benzene rings is 2. The number of aryl methyl sites for hydroxylation is 1. The van der Waals surface area contributed by atoms with Gasteiger partial charge in [-0.15, -0.1) is 0 Å². The Kier molecular flexibility index (Phi) is 5.33. The number of nitrogens with one attached hydrogen (secondary N) is 1. The van der Waals surface area contributed by atoms with Crippen LogP contribution in [-0.4, -0.2) is 34.4 Å². The molecular weight excluding hydrogens is 390 g/mol. The number of hydrogen-bond acceptors (Lipinski definition) is 4. The van der Waals surface area contributed by atoms with Gasteiger partial charge in [0.05, 0.1) is 5.69 Å². The highest BCUT2D eigenvalue weighted by Gasteiger charge is 2.17. The summed E-state index contributed by atoms with van der Waals surface area (Å²) in [6.45, 7) is 1.72. The normalized spacial score (nSPS) is 12.0. The van der Waals surface area contributed by atoms with Crippen LogP contribution in [0.25, 0.3) is 22.0 Å². The summed E-state index contributed by atoms with van der Waals surface area (Å²) in [6.07, 6.45) is 3.43. The van der Waals surface area contributed by atoms with Crippen LogP contribution in [0.1, 0.15) is 13.0 Å². The Bertz CT molecular complexity index is 1300. The van der Waals surface area contributed by atoms with E-state index in [0.717, 1.165) is 22.3 Å². The highest BCUT2D eigenvalue weighted by Crippen LogP contribution is 2.22. The summed E-state index contributed by atoms with van der Waals surface area (Å²) in [4.78, 5) is 27.8. The molecule has 1 atom stereocenters. The van der Waals surface area contributed by atoms with Gasteiger partial charge in [0.15, 0.2) is 0 Å². The summed E-state index contributed by atoms with van der Waals surface area (Å²) < 4.78 is 3.26. The van der Waals surface area contributed by atoms with Crippen LogP contribution < -0.4 is 15.8 Å². The molecule has 2 heterocycles. The standard InChI is InChI=1S/C24H25N5O2/c1-16(29-14-12-18-15-20(27(2)3)9-10-21(18)24(29)31)23(30)26-19-7-5-17(6-8-19)22-11-13-25-28(22)4/h5-16H,1-4H3,(H,26,30)/t16-/m1/s1. The van der Waals surface area contributed by atoms with Crippen molar-refractivity contribution < 1.29 is 4.79 Å². The third kappa shape index (κ3) is 3.94. The maximum absolute atomic E-state index is 13.0. The predicted molar refractivity (Wildman–Crippen MR) is 125 cm³/mol. The van der Waals surface area contributed by atoms with E-state index in [1.54, 1.807) is 24.0 Å². The smallest absolute Gasteiger partial charge is 0.259 e. The van der Waals surface area contributed by atoms with Gasteiger partial charge < -0.3 is 14.8 Å². The molecule has 1 N–H and O–H groups in total. The number of rotatable bonds is 5. The van der Waals surface area contributed by atoms with E-state index >= 15 is 0 Å². The first-order valence-electron chi connectivity index (χ1n) is 10.1. The number of carbonyl (C=O) groups excluding carboxylic acids is 1. The fourth-order valence-corrected chi connectivity index (χ4v) is 3.59. The molecule has 0 radical (unpaired) electrons. The molecule has 0 aliphatic heterocycles. The molecule has 0 fully saturated rings. The van der Waals surface area contributed by atoms with Gasteiger partial charge >= 0.3 is 0 Å². The topological polar surface area (TPSA) is 72.2 Å². The lowest BCUT2D eigenvalue weighted by Crippen LogP contribution is -2.31. The maximum atomic E-state index is 13.0. The van der Waals surface area contributed by atoms with Crippen LogP contribution in [0.4, 0.5) is 11.4 Å². The number of amides is 1. The first-order chi connectivity index (χ1) is 14.8. The lowest BCUT2D eigenvalue weighted by molar-refractivity contribution is -0.118. The quantitative estimate of drug-likeness (QED) is 0.540. The Labute approximate surface area is 180 Å². The molecule has 2 aromatic heterocycles. The van der Waals surface area contributed by atoms with E-state index in [0.29, 0.717) is 11.1 Å². The fourth-order valence-electron chi connectivity index (χ4n) is 3.59. The minimum Gasteiger partial charge on any atom is -0.378 e. The van der Waals surface area contributed by atoms with Crippen molar-refractivity contribution in [3.05, 3.63) is 77.3 Å². The number of nitrogens with zero attached hydrogens (tertiary/aromatic N) is 4. The second-order valence-corrected chi connectivity index (χ2v) is 7.78. The maximum Gasteiger partial charge on any atom is 0.259 e. The van der Waals surface area contributed by atoms with Crippen molar-refractivity contribution in [3.63, 3.8) is 0 Å². The van der Waals surface area contributed by atoms with Crippen LogP contribution in [0, 0.1) is 0 Å². The molecule has 0 saturated heterocycles. The Balaban J connectivity index is 1.54. The molecule has 0 aliphatic rings. The van der Waals surface area contributed by atoms with Crippen molar-refractivity contribution in [2.24, 2.45) is 7.05 Å². The summed E-state index contributed by atoms with van der Waals surface area (Å²) in [5.74, 6) is -0.250. The lowest BCUT2D eigenvalue weighted by atomic mass is 10.1. The number of carbonyl (C=O) groups is 1. The minimum atomic E-state index is -0.651. The Hall–Kier alpha value is -3.87. The average Bonchev–Trinajstić information content (AvgIpc) is 3.19. The molecule has 158 valence electrons. The van der Waals surface area contributed by atoms with E-state index < -0.39 is 6.04 Å². The largest absolute Gasteiger partial charge is 0.378 e. The zero-order valence-corrected chi connectivity index (χ0v) is 18.0. The highest BCUT2D eigenvalue weighted by molar-refractivity contribution is 5.94. The molecule has 4 aromatic rings. The highest BCUT2D eigenvalue weighted by atomic mass is 16.2. The fraction of sp³-hybridized carbons (Fsp3) is 0.208. The Morgan fingerprint density at radius 3 is 2.45 bits per heavy atom. The molecule has 2 aromatic carbocycles. The van der Waals surface area contributed by atoms with E-state index in [4.69, 9.17) is 0 Å². The molecule has 4 rings (SSSR count). The lowest BCUT2D eigenvalue weighted by Gasteiger charge is -2.17. The molecule has 0 spiro atoms. The monoisotopic (exact) mass is 415 g/mol. The summed E-state index contributed by atoms with van der Waals surface area (Å²) in [5.41, 5.74) is 3.51. The molecule has 0 saturated carbocycles. The van der Waals surface area contributed by atoms with E-state index in [1.165, 1.54) is 4.57 Å². The van der Waals surface area contributed by atoms with Gasteiger partial charge in [-0.2, -0.15) is 5.10 Å². The second-order valence-electron chi connectivity index (χ2n) is 7.78. The predicted octanol–water partition coefficient (Wildman–Crippen LogP) is 3.67. The van der Waals surface area contributed by atoms with E-state index in [2.05, 4.69) is 10.4 Å². The minimum absolute atomic E-state index is 0.183. The van der Waals surface area contributed by atoms with Crippen molar-refractivity contribution in [2.75, 3.05) is 24.3 Å². The first-order valence-corrected chi connectivity index (χ1v) is 10.1. The van der Waals surface area contributed by atoms with Gasteiger partial charge in [0.25, 0.3) is 5.56 Å². The zero-order valence-electron chi connectivity index (χ0n) is 18.0. The molecule has 7 heteroatoms. The van der Waals surface area contributed by atoms with Gasteiger partial charge in [0.1, 0.15) is 6.04 Å². The number of pyridine rings is 1. The number of hydrogen-bond donors (Lipinski definition) is 1. The average molecular weight is 415 g/mol. The number of aromatic nitrogens is 3. The van der Waals surface area contributed by atoms with E-state index in [1.807, 2.05) is 80.6 Å². The summed E-state index contributed by atoms with van der Waals surface area (Å²) >= 11 is 0. The van der Waals surface area contributed by atoms with E-state index in [-0.39, 0.29) is 11.5 Å². The molecule has 0 bridgehead atoms. The van der Waals surface area contributed by atoms with Crippen molar-refractivity contribution in [2.45, 2.75) is 13.0 Å². The van der Waals surface area contributed by atoms with Gasteiger partial charge in [-0.25, -0.2) is 0 Å². The van der Waals surface area contributed by atoms with Crippen LogP contribution in [0.5, 0.6) is 0 Å². The SMILES string of the molecule is C[C@H](C(=O)Nc1ccc(-c2ccnn2C)cc1)n1ccc2cc(N(C)C)ccc2c1=O. The molecule has 1 amide bonds. The summed E-state index contributed by atoms with van der Waals surface area (Å²) in [6, 6.07) is 16.4. The van der Waals surface area contributed by atoms with Crippen molar-refractivity contribution in [1.29, 1.82) is 0 Å². The van der Waals surface area contributed by atoms with Crippen LogP contribution in [0.15, 0.2) is 71.8 Å². The van der Waals surface area contributed by atoms with Crippen molar-refractivity contribution >= 4 is 28.1 Å². The van der Waals surface area contributed by atoms with Gasteiger partial charge in [-0.3, -0.25) is 14.3 Å². The molecule has 31 heavy (non-hydrogen) atoms. The number of anilines is 2. The van der Waals surface area contributed by atoms with Crippen LogP contribution in [0.2, 0.25) is 0 Å². The van der Waals surface area contributed by atoms with Crippen LogP contribution >= 0.6 is 0 Å². The second kappa shape index (κ2) is 8.10. The summed E-state index contributed by atoms with van der Waals surface area (Å²) in [5, 5.41) is 8.52. The molecular formula is C24H25N5O2. The van der Waals surface area contributed by atoms with Crippen LogP contribution in [-0.2, 0) is 11.8 Å². The van der Waals surface area contributed by atoms with Gasteiger partial charge in [-0.05, 0) is 60.3 Å². The first kappa shape index (κ1) is 20.4. The van der Waals surface area contributed by atoms with E-state index in [9.17, 15) is 9.59 Å². The van der Waals surface area contributed by atoms with Gasteiger partial charge in [0, 0.05) is 50.3 Å². The van der Waals surface area contributed by atoms with Gasteiger partial charge in [0.2, 0.25) is 5.91 Å². The number of fused-ring (bicyclic) bond motifs is 1. The third-order valence-corrected chi connectivity index (χ3v) is 5.50. The Morgan fingerprint density at radius 1 is 1.06 bits per heavy atom. The Morgan fingerprint density at radius 2 is 1.81 bits per heavy atom. The zero-order chi connectivity index (χ0) is 22.1. The molecule has 0 aliphatic carbocycles.